The first-order valence-electron chi connectivity index (χ1n) is 9.38. The Morgan fingerprint density at radius 3 is 2.83 bits per heavy atom. The molecule has 0 spiro atoms. The van der Waals surface area contributed by atoms with E-state index < -0.39 is 0 Å². The van der Waals surface area contributed by atoms with Crippen molar-refractivity contribution >= 4 is 44.9 Å². The lowest BCUT2D eigenvalue weighted by molar-refractivity contribution is -0.113. The number of fused-ring (bicyclic) bond motifs is 3. The topological polar surface area (TPSA) is 67.2 Å². The summed E-state index contributed by atoms with van der Waals surface area (Å²) < 4.78 is 14.6. The summed E-state index contributed by atoms with van der Waals surface area (Å²) in [5.41, 5.74) is 1.64. The van der Waals surface area contributed by atoms with Gasteiger partial charge in [0.1, 0.15) is 10.6 Å². The van der Waals surface area contributed by atoms with Crippen LogP contribution >= 0.6 is 23.1 Å². The van der Waals surface area contributed by atoms with Gasteiger partial charge in [0, 0.05) is 30.2 Å². The Morgan fingerprint density at radius 1 is 1.34 bits per heavy atom. The van der Waals surface area contributed by atoms with Crippen LogP contribution in [0.5, 0.6) is 0 Å². The van der Waals surface area contributed by atoms with Crippen LogP contribution in [0.2, 0.25) is 0 Å². The number of thioether (sulfide) groups is 1. The number of halogens is 1. The molecule has 0 unspecified atom stereocenters. The molecular formula is C20H21FN4O2S2. The first kappa shape index (κ1) is 20.1. The molecule has 1 amide bonds. The van der Waals surface area contributed by atoms with Gasteiger partial charge in [-0.2, -0.15) is 0 Å². The normalized spacial score (nSPS) is 14.2. The molecule has 6 nitrogen and oxygen atoms in total. The van der Waals surface area contributed by atoms with E-state index in [1.165, 1.54) is 40.9 Å². The quantitative estimate of drug-likeness (QED) is 0.495. The molecule has 1 aromatic carbocycles. The number of amides is 1. The minimum atomic E-state index is -0.355. The Balaban J connectivity index is 1.57. The number of aromatic nitrogens is 2. The van der Waals surface area contributed by atoms with Crippen LogP contribution < -0.4 is 10.9 Å². The molecule has 0 fully saturated rings. The van der Waals surface area contributed by atoms with E-state index in [9.17, 15) is 14.0 Å². The summed E-state index contributed by atoms with van der Waals surface area (Å²) in [4.78, 5) is 34.3. The smallest absolute Gasteiger partial charge is 0.263 e. The van der Waals surface area contributed by atoms with Crippen molar-refractivity contribution in [1.29, 1.82) is 0 Å². The highest BCUT2D eigenvalue weighted by molar-refractivity contribution is 7.99. The van der Waals surface area contributed by atoms with Crippen molar-refractivity contribution in [3.05, 3.63) is 50.9 Å². The summed E-state index contributed by atoms with van der Waals surface area (Å²) in [5.74, 6) is -0.472. The van der Waals surface area contributed by atoms with Gasteiger partial charge in [-0.1, -0.05) is 11.8 Å². The fraction of sp³-hybridized carbons (Fsp3) is 0.350. The molecule has 9 heteroatoms. The SMILES string of the molecule is CCn1c(SCC(=O)Nc2ccc(F)cc2)nc2sc3c(c2c1=O)CCN(C)C3. The van der Waals surface area contributed by atoms with Crippen LogP contribution in [0.1, 0.15) is 17.4 Å². The molecule has 0 bridgehead atoms. The fourth-order valence-corrected chi connectivity index (χ4v) is 5.64. The number of benzene rings is 1. The molecule has 2 aromatic heterocycles. The number of hydrogen-bond acceptors (Lipinski definition) is 6. The maximum absolute atomic E-state index is 13.1. The standard InChI is InChI=1S/C20H21FN4O2S2/c1-3-25-19(27)17-14-8-9-24(2)10-15(14)29-18(17)23-20(25)28-11-16(26)22-13-6-4-12(21)5-7-13/h4-7H,3,8-11H2,1-2H3,(H,22,26). The zero-order chi connectivity index (χ0) is 20.5. The van der Waals surface area contributed by atoms with E-state index in [0.717, 1.165) is 35.3 Å². The van der Waals surface area contributed by atoms with Gasteiger partial charge in [-0.3, -0.25) is 14.2 Å². The van der Waals surface area contributed by atoms with Crippen molar-refractivity contribution in [3.8, 4) is 0 Å². The second-order valence-corrected chi connectivity index (χ2v) is 8.99. The minimum Gasteiger partial charge on any atom is -0.325 e. The maximum atomic E-state index is 13.1. The van der Waals surface area contributed by atoms with Crippen LogP contribution in [0, 0.1) is 5.82 Å². The third-order valence-electron chi connectivity index (χ3n) is 4.89. The molecule has 0 atom stereocenters. The van der Waals surface area contributed by atoms with Crippen molar-refractivity contribution in [1.82, 2.24) is 14.5 Å². The lowest BCUT2D eigenvalue weighted by Gasteiger charge is -2.21. The average molecular weight is 433 g/mol. The van der Waals surface area contributed by atoms with Gasteiger partial charge in [-0.15, -0.1) is 11.3 Å². The van der Waals surface area contributed by atoms with Crippen molar-refractivity contribution in [2.24, 2.45) is 0 Å². The molecule has 3 aromatic rings. The van der Waals surface area contributed by atoms with Crippen LogP contribution in [0.15, 0.2) is 34.2 Å². The Labute approximate surface area is 175 Å². The van der Waals surface area contributed by atoms with Gasteiger partial charge in [0.25, 0.3) is 5.56 Å². The highest BCUT2D eigenvalue weighted by Gasteiger charge is 2.23. The van der Waals surface area contributed by atoms with Gasteiger partial charge in [-0.25, -0.2) is 9.37 Å². The number of carbonyl (C=O) groups excluding carboxylic acids is 1. The number of carbonyl (C=O) groups is 1. The predicted octanol–water partition coefficient (Wildman–Crippen LogP) is 3.34. The van der Waals surface area contributed by atoms with Gasteiger partial charge >= 0.3 is 0 Å². The monoisotopic (exact) mass is 432 g/mol. The molecule has 4 rings (SSSR count). The molecule has 0 radical (unpaired) electrons. The molecule has 1 aliphatic rings. The van der Waals surface area contributed by atoms with E-state index in [2.05, 4.69) is 17.3 Å². The molecule has 1 aliphatic heterocycles. The molecule has 0 saturated carbocycles. The molecule has 29 heavy (non-hydrogen) atoms. The predicted molar refractivity (Wildman–Crippen MR) is 115 cm³/mol. The zero-order valence-electron chi connectivity index (χ0n) is 16.2. The third-order valence-corrected chi connectivity index (χ3v) is 6.98. The largest absolute Gasteiger partial charge is 0.325 e. The Morgan fingerprint density at radius 2 is 2.10 bits per heavy atom. The number of rotatable bonds is 5. The van der Waals surface area contributed by atoms with Crippen LogP contribution in [-0.2, 0) is 24.3 Å². The van der Waals surface area contributed by atoms with Crippen LogP contribution in [-0.4, -0.2) is 39.7 Å². The molecule has 0 saturated heterocycles. The van der Waals surface area contributed by atoms with E-state index in [0.29, 0.717) is 17.4 Å². The maximum Gasteiger partial charge on any atom is 0.263 e. The lowest BCUT2D eigenvalue weighted by Crippen LogP contribution is -2.27. The van der Waals surface area contributed by atoms with E-state index in [1.54, 1.807) is 15.9 Å². The van der Waals surface area contributed by atoms with Crippen LogP contribution in [0.4, 0.5) is 10.1 Å². The zero-order valence-corrected chi connectivity index (χ0v) is 17.8. The summed E-state index contributed by atoms with van der Waals surface area (Å²) in [6, 6.07) is 5.61. The van der Waals surface area contributed by atoms with Crippen LogP contribution in [0.3, 0.4) is 0 Å². The molecule has 3 heterocycles. The third kappa shape index (κ3) is 4.08. The molecule has 152 valence electrons. The van der Waals surface area contributed by atoms with E-state index in [1.807, 2.05) is 6.92 Å². The summed E-state index contributed by atoms with van der Waals surface area (Å²) in [7, 11) is 2.08. The summed E-state index contributed by atoms with van der Waals surface area (Å²) in [5, 5.41) is 4.01. The highest BCUT2D eigenvalue weighted by atomic mass is 32.2. The van der Waals surface area contributed by atoms with Crippen molar-refractivity contribution in [2.45, 2.75) is 31.6 Å². The lowest BCUT2D eigenvalue weighted by atomic mass is 10.1. The van der Waals surface area contributed by atoms with Crippen molar-refractivity contribution in [3.63, 3.8) is 0 Å². The minimum absolute atomic E-state index is 0.0269. The van der Waals surface area contributed by atoms with Gasteiger partial charge < -0.3 is 10.2 Å². The molecular weight excluding hydrogens is 411 g/mol. The fourth-order valence-electron chi connectivity index (χ4n) is 3.43. The Bertz CT molecular complexity index is 1120. The Kier molecular flexibility index (Phi) is 5.71. The average Bonchev–Trinajstić information content (AvgIpc) is 3.05. The van der Waals surface area contributed by atoms with E-state index in [4.69, 9.17) is 4.98 Å². The second kappa shape index (κ2) is 8.25. The first-order valence-corrected chi connectivity index (χ1v) is 11.2. The summed E-state index contributed by atoms with van der Waals surface area (Å²) in [6.45, 7) is 4.17. The van der Waals surface area contributed by atoms with Gasteiger partial charge in [0.2, 0.25) is 5.91 Å². The van der Waals surface area contributed by atoms with Crippen molar-refractivity contribution in [2.75, 3.05) is 24.7 Å². The van der Waals surface area contributed by atoms with Crippen molar-refractivity contribution < 1.29 is 9.18 Å². The van der Waals surface area contributed by atoms with E-state index >= 15 is 0 Å². The van der Waals surface area contributed by atoms with Gasteiger partial charge in [0.05, 0.1) is 11.1 Å². The van der Waals surface area contributed by atoms with Crippen LogP contribution in [0.25, 0.3) is 10.2 Å². The number of thiophene rings is 1. The number of hydrogen-bond donors (Lipinski definition) is 1. The molecule has 0 aliphatic carbocycles. The Hall–Kier alpha value is -2.23. The summed E-state index contributed by atoms with van der Waals surface area (Å²) >= 11 is 2.81. The van der Waals surface area contributed by atoms with Gasteiger partial charge in [-0.05, 0) is 50.2 Å². The molecule has 1 N–H and O–H groups in total. The highest BCUT2D eigenvalue weighted by Crippen LogP contribution is 2.33. The number of anilines is 1. The number of nitrogens with zero attached hydrogens (tertiary/aromatic N) is 3. The summed E-state index contributed by atoms with van der Waals surface area (Å²) in [6.07, 6.45) is 0.860. The van der Waals surface area contributed by atoms with E-state index in [-0.39, 0.29) is 23.0 Å². The first-order chi connectivity index (χ1) is 14.0. The second-order valence-electron chi connectivity index (χ2n) is 6.96. The number of nitrogens with one attached hydrogen (secondary N) is 1. The number of likely N-dealkylation sites (N-methyl/N-ethyl adjacent to an activating group) is 1. The van der Waals surface area contributed by atoms with Gasteiger partial charge in [0.15, 0.2) is 5.16 Å².